The van der Waals surface area contributed by atoms with Crippen LogP contribution in [0.2, 0.25) is 0 Å². The highest BCUT2D eigenvalue weighted by molar-refractivity contribution is 5.90. The van der Waals surface area contributed by atoms with E-state index in [1.165, 1.54) is 0 Å². The van der Waals surface area contributed by atoms with Gasteiger partial charge in [0, 0.05) is 31.1 Å². The molecule has 1 atom stereocenters. The van der Waals surface area contributed by atoms with E-state index in [4.69, 9.17) is 4.99 Å². The van der Waals surface area contributed by atoms with Crippen molar-refractivity contribution >= 4 is 17.5 Å². The minimum atomic E-state index is -0.286. The van der Waals surface area contributed by atoms with Crippen molar-refractivity contribution in [2.45, 2.75) is 45.1 Å². The molecular formula is C18H23N5O. The fourth-order valence-electron chi connectivity index (χ4n) is 2.68. The van der Waals surface area contributed by atoms with E-state index in [0.29, 0.717) is 18.2 Å². The molecule has 3 rings (SSSR count). The van der Waals surface area contributed by atoms with Crippen LogP contribution in [0.5, 0.6) is 0 Å². The summed E-state index contributed by atoms with van der Waals surface area (Å²) in [4.78, 5) is 18.1. The Balaban J connectivity index is 1.92. The van der Waals surface area contributed by atoms with Crippen molar-refractivity contribution in [3.63, 3.8) is 0 Å². The number of aliphatic hydroxyl groups excluding tert-OH is 1. The smallest absolute Gasteiger partial charge is 0.224 e. The third-order valence-electron chi connectivity index (χ3n) is 4.02. The van der Waals surface area contributed by atoms with Crippen LogP contribution in [0.1, 0.15) is 39.0 Å². The highest BCUT2D eigenvalue weighted by Crippen LogP contribution is 2.29. The van der Waals surface area contributed by atoms with Gasteiger partial charge in [-0.15, -0.1) is 0 Å². The second-order valence-electron chi connectivity index (χ2n) is 6.00. The molecule has 6 heteroatoms. The van der Waals surface area contributed by atoms with Crippen LogP contribution in [0.25, 0.3) is 11.3 Å². The Morgan fingerprint density at radius 1 is 1.33 bits per heavy atom. The van der Waals surface area contributed by atoms with Gasteiger partial charge < -0.3 is 10.4 Å². The van der Waals surface area contributed by atoms with Crippen molar-refractivity contribution in [2.24, 2.45) is 4.99 Å². The van der Waals surface area contributed by atoms with Gasteiger partial charge in [-0.25, -0.2) is 9.98 Å². The van der Waals surface area contributed by atoms with Crippen LogP contribution in [-0.2, 0) is 0 Å². The lowest BCUT2D eigenvalue weighted by Crippen LogP contribution is -2.05. The van der Waals surface area contributed by atoms with Gasteiger partial charge in [0.2, 0.25) is 5.95 Å². The van der Waals surface area contributed by atoms with Crippen molar-refractivity contribution in [3.8, 4) is 11.3 Å². The lowest BCUT2D eigenvalue weighted by Gasteiger charge is -2.09. The molecule has 1 aliphatic rings. The fraction of sp³-hybridized carbons (Fsp3) is 0.444. The van der Waals surface area contributed by atoms with E-state index in [1.807, 2.05) is 18.2 Å². The zero-order valence-corrected chi connectivity index (χ0v) is 13.9. The first-order valence-electron chi connectivity index (χ1n) is 8.53. The largest absolute Gasteiger partial charge is 0.393 e. The van der Waals surface area contributed by atoms with E-state index in [1.54, 1.807) is 12.4 Å². The number of hydrogen-bond acceptors (Lipinski definition) is 6. The molecular weight excluding hydrogens is 302 g/mol. The van der Waals surface area contributed by atoms with Crippen molar-refractivity contribution < 1.29 is 5.11 Å². The highest BCUT2D eigenvalue weighted by atomic mass is 16.3. The Hall–Kier alpha value is -2.34. The minimum Gasteiger partial charge on any atom is -0.393 e. The van der Waals surface area contributed by atoms with Gasteiger partial charge in [0.25, 0.3) is 0 Å². The number of aromatic nitrogens is 3. The Kier molecular flexibility index (Phi) is 5.48. The summed E-state index contributed by atoms with van der Waals surface area (Å²) in [7, 11) is 0. The molecule has 1 fully saturated rings. The fourth-order valence-corrected chi connectivity index (χ4v) is 2.68. The summed E-state index contributed by atoms with van der Waals surface area (Å²) in [5.41, 5.74) is 2.60. The molecule has 0 aliphatic heterocycles. The molecule has 126 valence electrons. The second kappa shape index (κ2) is 7.97. The molecule has 2 N–H and O–H groups in total. The summed E-state index contributed by atoms with van der Waals surface area (Å²) >= 11 is 0. The van der Waals surface area contributed by atoms with Crippen LogP contribution in [0, 0.1) is 0 Å². The predicted octanol–water partition coefficient (Wildman–Crippen LogP) is 3.37. The quantitative estimate of drug-likeness (QED) is 0.796. The van der Waals surface area contributed by atoms with Gasteiger partial charge in [-0.3, -0.25) is 4.98 Å². The normalized spacial score (nSPS) is 18.9. The summed E-state index contributed by atoms with van der Waals surface area (Å²) in [5.74, 6) is 1.20. The van der Waals surface area contributed by atoms with Crippen molar-refractivity contribution in [2.75, 3.05) is 11.9 Å². The van der Waals surface area contributed by atoms with Gasteiger partial charge in [0.1, 0.15) is 0 Å². The average molecular weight is 325 g/mol. The van der Waals surface area contributed by atoms with Crippen LogP contribution in [-0.4, -0.2) is 38.4 Å². The van der Waals surface area contributed by atoms with E-state index < -0.39 is 0 Å². The maximum Gasteiger partial charge on any atom is 0.224 e. The minimum absolute atomic E-state index is 0.286. The molecule has 2 heterocycles. The van der Waals surface area contributed by atoms with Crippen LogP contribution in [0.3, 0.4) is 0 Å². The molecule has 2 aromatic rings. The number of aliphatic hydroxyl groups is 1. The van der Waals surface area contributed by atoms with E-state index in [0.717, 1.165) is 49.2 Å². The first-order valence-corrected chi connectivity index (χ1v) is 8.53. The zero-order chi connectivity index (χ0) is 16.8. The second-order valence-corrected chi connectivity index (χ2v) is 6.00. The van der Waals surface area contributed by atoms with Crippen LogP contribution in [0.15, 0.2) is 35.6 Å². The SMILES string of the molecule is CCCCNc1ncc(-c2ccccn2)c(N=C2CC[C@H](O)C2)n1. The topological polar surface area (TPSA) is 83.3 Å². The Labute approximate surface area is 142 Å². The number of rotatable bonds is 6. The monoisotopic (exact) mass is 325 g/mol. The summed E-state index contributed by atoms with van der Waals surface area (Å²) < 4.78 is 0. The average Bonchev–Trinajstić information content (AvgIpc) is 3.01. The number of unbranched alkanes of at least 4 members (excludes halogenated alkanes) is 1. The third kappa shape index (κ3) is 4.14. The van der Waals surface area contributed by atoms with E-state index >= 15 is 0 Å². The summed E-state index contributed by atoms with van der Waals surface area (Å²) in [5, 5.41) is 13.0. The van der Waals surface area contributed by atoms with Gasteiger partial charge in [-0.05, 0) is 31.4 Å². The zero-order valence-electron chi connectivity index (χ0n) is 13.9. The molecule has 24 heavy (non-hydrogen) atoms. The van der Waals surface area contributed by atoms with Crippen molar-refractivity contribution in [1.29, 1.82) is 0 Å². The summed E-state index contributed by atoms with van der Waals surface area (Å²) in [6.07, 6.45) is 7.62. The maximum absolute atomic E-state index is 9.72. The van der Waals surface area contributed by atoms with Crippen LogP contribution < -0.4 is 5.32 Å². The number of aliphatic imine (C=N–C) groups is 1. The van der Waals surface area contributed by atoms with Gasteiger partial charge >= 0.3 is 0 Å². The van der Waals surface area contributed by atoms with E-state index in [2.05, 4.69) is 27.2 Å². The van der Waals surface area contributed by atoms with E-state index in [-0.39, 0.29) is 6.10 Å². The molecule has 0 aromatic carbocycles. The predicted molar refractivity (Wildman–Crippen MR) is 95.6 cm³/mol. The van der Waals surface area contributed by atoms with Gasteiger partial charge in [-0.2, -0.15) is 4.98 Å². The van der Waals surface area contributed by atoms with Gasteiger partial charge in [-0.1, -0.05) is 19.4 Å². The first-order chi connectivity index (χ1) is 11.8. The Bertz CT molecular complexity index is 702. The molecule has 0 bridgehead atoms. The molecule has 0 amide bonds. The molecule has 6 nitrogen and oxygen atoms in total. The maximum atomic E-state index is 9.72. The Morgan fingerprint density at radius 3 is 2.96 bits per heavy atom. The standard InChI is InChI=1S/C18H23N5O/c1-2-3-9-20-18-21-12-15(16-6-4-5-10-19-16)17(23-18)22-13-7-8-14(24)11-13/h4-6,10,12,14,24H,2-3,7-9,11H2,1H3,(H,20,21,23)/t14-/m0/s1. The number of pyridine rings is 1. The number of nitrogens with one attached hydrogen (secondary N) is 1. The lowest BCUT2D eigenvalue weighted by atomic mass is 10.2. The molecule has 0 spiro atoms. The molecule has 1 saturated carbocycles. The molecule has 0 unspecified atom stereocenters. The molecule has 2 aromatic heterocycles. The van der Waals surface area contributed by atoms with Gasteiger partial charge in [0.05, 0.1) is 17.4 Å². The van der Waals surface area contributed by atoms with E-state index in [9.17, 15) is 5.11 Å². The Morgan fingerprint density at radius 2 is 2.25 bits per heavy atom. The third-order valence-corrected chi connectivity index (χ3v) is 4.02. The number of nitrogens with zero attached hydrogens (tertiary/aromatic N) is 4. The van der Waals surface area contributed by atoms with Crippen LogP contribution >= 0.6 is 0 Å². The van der Waals surface area contributed by atoms with Crippen molar-refractivity contribution in [3.05, 3.63) is 30.6 Å². The number of anilines is 1. The van der Waals surface area contributed by atoms with Crippen LogP contribution in [0.4, 0.5) is 11.8 Å². The lowest BCUT2D eigenvalue weighted by molar-refractivity contribution is 0.188. The van der Waals surface area contributed by atoms with Crippen molar-refractivity contribution in [1.82, 2.24) is 15.0 Å². The summed E-state index contributed by atoms with van der Waals surface area (Å²) in [6.45, 7) is 2.99. The molecule has 1 aliphatic carbocycles. The number of hydrogen-bond donors (Lipinski definition) is 2. The first kappa shape index (κ1) is 16.5. The molecule has 0 radical (unpaired) electrons. The van der Waals surface area contributed by atoms with Gasteiger partial charge in [0.15, 0.2) is 5.82 Å². The molecule has 0 saturated heterocycles. The summed E-state index contributed by atoms with van der Waals surface area (Å²) in [6, 6.07) is 5.74. The highest BCUT2D eigenvalue weighted by Gasteiger charge is 2.19.